The lowest BCUT2D eigenvalue weighted by Gasteiger charge is -2.19. The van der Waals surface area contributed by atoms with Gasteiger partial charge in [0.2, 0.25) is 0 Å². The molecule has 0 bridgehead atoms. The molecule has 5 heteroatoms. The minimum absolute atomic E-state index is 0.0662. The van der Waals surface area contributed by atoms with E-state index in [1.54, 1.807) is 0 Å². The minimum Gasteiger partial charge on any atom is -0.491 e. The van der Waals surface area contributed by atoms with Crippen LogP contribution in [0, 0.1) is 5.92 Å². The van der Waals surface area contributed by atoms with E-state index < -0.39 is 0 Å². The van der Waals surface area contributed by atoms with Gasteiger partial charge >= 0.3 is 5.97 Å². The fourth-order valence-corrected chi connectivity index (χ4v) is 3.57. The van der Waals surface area contributed by atoms with E-state index in [2.05, 4.69) is 24.3 Å². The summed E-state index contributed by atoms with van der Waals surface area (Å²) in [6.07, 6.45) is 5.44. The van der Waals surface area contributed by atoms with E-state index in [4.69, 9.17) is 18.9 Å². The second kappa shape index (κ2) is 13.0. The van der Waals surface area contributed by atoms with Crippen LogP contribution in [0.3, 0.4) is 0 Å². The number of esters is 1. The molecule has 5 nitrogen and oxygen atoms in total. The van der Waals surface area contributed by atoms with Crippen molar-refractivity contribution in [3.8, 4) is 16.9 Å². The fourth-order valence-electron chi connectivity index (χ4n) is 3.57. The van der Waals surface area contributed by atoms with Crippen LogP contribution in [0.5, 0.6) is 5.75 Å². The van der Waals surface area contributed by atoms with Gasteiger partial charge in [0.05, 0.1) is 32.3 Å². The van der Waals surface area contributed by atoms with E-state index in [0.717, 1.165) is 31.4 Å². The van der Waals surface area contributed by atoms with Gasteiger partial charge < -0.3 is 18.9 Å². The molecular formula is C25H32O5. The van der Waals surface area contributed by atoms with Gasteiger partial charge in [-0.3, -0.25) is 4.79 Å². The summed E-state index contributed by atoms with van der Waals surface area (Å²) in [7, 11) is 0. The lowest BCUT2D eigenvalue weighted by Crippen LogP contribution is -2.22. The molecule has 0 saturated heterocycles. The van der Waals surface area contributed by atoms with E-state index in [9.17, 15) is 4.79 Å². The number of rotatable bonds is 12. The molecule has 0 atom stereocenters. The van der Waals surface area contributed by atoms with Crippen molar-refractivity contribution in [1.29, 1.82) is 0 Å². The predicted octanol–water partition coefficient (Wildman–Crippen LogP) is 4.89. The van der Waals surface area contributed by atoms with Gasteiger partial charge in [-0.1, -0.05) is 61.7 Å². The summed E-state index contributed by atoms with van der Waals surface area (Å²) in [6.45, 7) is 2.69. The topological polar surface area (TPSA) is 54.0 Å². The highest BCUT2D eigenvalue weighted by Crippen LogP contribution is 2.24. The van der Waals surface area contributed by atoms with Crippen LogP contribution in [0.2, 0.25) is 0 Å². The van der Waals surface area contributed by atoms with Crippen LogP contribution in [0.25, 0.3) is 11.1 Å². The zero-order chi connectivity index (χ0) is 20.9. The smallest absolute Gasteiger partial charge is 0.309 e. The van der Waals surface area contributed by atoms with Crippen LogP contribution in [0.4, 0.5) is 0 Å². The molecule has 0 N–H and O–H groups in total. The minimum atomic E-state index is -0.0662. The van der Waals surface area contributed by atoms with Gasteiger partial charge in [0.1, 0.15) is 19.0 Å². The molecule has 3 rings (SSSR count). The van der Waals surface area contributed by atoms with Crippen molar-refractivity contribution in [3.63, 3.8) is 0 Å². The van der Waals surface area contributed by atoms with Crippen LogP contribution in [0.1, 0.15) is 32.1 Å². The number of hydrogen-bond acceptors (Lipinski definition) is 5. The maximum atomic E-state index is 11.9. The summed E-state index contributed by atoms with van der Waals surface area (Å²) in [6, 6.07) is 18.3. The van der Waals surface area contributed by atoms with Gasteiger partial charge in [-0.25, -0.2) is 0 Å². The molecule has 1 aliphatic rings. The SMILES string of the molecule is O=C(OCCOCCOCCOc1ccc(-c2ccccc2)cc1)C1CCCCC1. The summed E-state index contributed by atoms with van der Waals surface area (Å²) < 4.78 is 22.0. The number of hydrogen-bond donors (Lipinski definition) is 0. The average molecular weight is 413 g/mol. The van der Waals surface area contributed by atoms with Crippen LogP contribution in [-0.4, -0.2) is 45.6 Å². The van der Waals surface area contributed by atoms with E-state index >= 15 is 0 Å². The molecule has 30 heavy (non-hydrogen) atoms. The summed E-state index contributed by atoms with van der Waals surface area (Å²) in [5.41, 5.74) is 2.36. The highest BCUT2D eigenvalue weighted by molar-refractivity contribution is 5.72. The Morgan fingerprint density at radius 2 is 1.30 bits per heavy atom. The molecular weight excluding hydrogens is 380 g/mol. The molecule has 0 radical (unpaired) electrons. The van der Waals surface area contributed by atoms with E-state index in [1.165, 1.54) is 17.5 Å². The van der Waals surface area contributed by atoms with Gasteiger partial charge in [-0.05, 0) is 36.1 Å². The first kappa shape index (κ1) is 22.3. The van der Waals surface area contributed by atoms with Gasteiger partial charge in [0, 0.05) is 0 Å². The van der Waals surface area contributed by atoms with E-state index in [1.807, 2.05) is 30.3 Å². The maximum Gasteiger partial charge on any atom is 0.309 e. The highest BCUT2D eigenvalue weighted by atomic mass is 16.6. The Bertz CT molecular complexity index is 723. The van der Waals surface area contributed by atoms with Gasteiger partial charge in [0.25, 0.3) is 0 Å². The molecule has 0 aliphatic heterocycles. The van der Waals surface area contributed by atoms with Crippen LogP contribution >= 0.6 is 0 Å². The standard InChI is InChI=1S/C25H32O5/c26-25(23-9-5-2-6-10-23)30-20-18-28-16-15-27-17-19-29-24-13-11-22(12-14-24)21-7-3-1-4-8-21/h1,3-4,7-8,11-14,23H,2,5-6,9-10,15-20H2. The van der Waals surface area contributed by atoms with E-state index in [-0.39, 0.29) is 11.9 Å². The molecule has 0 spiro atoms. The maximum absolute atomic E-state index is 11.9. The molecule has 0 aromatic heterocycles. The summed E-state index contributed by atoms with van der Waals surface area (Å²) in [5, 5.41) is 0. The van der Waals surface area contributed by atoms with Crippen molar-refractivity contribution in [2.45, 2.75) is 32.1 Å². The summed E-state index contributed by atoms with van der Waals surface area (Å²) in [4.78, 5) is 11.9. The molecule has 0 unspecified atom stereocenters. The Morgan fingerprint density at radius 1 is 0.700 bits per heavy atom. The molecule has 162 valence electrons. The largest absolute Gasteiger partial charge is 0.491 e. The number of benzene rings is 2. The van der Waals surface area contributed by atoms with Gasteiger partial charge in [0.15, 0.2) is 0 Å². The van der Waals surface area contributed by atoms with Gasteiger partial charge in [-0.2, -0.15) is 0 Å². The second-order valence-electron chi connectivity index (χ2n) is 7.47. The molecule has 2 aromatic carbocycles. The molecule has 1 aliphatic carbocycles. The first-order chi connectivity index (χ1) is 14.8. The zero-order valence-corrected chi connectivity index (χ0v) is 17.6. The third-order valence-corrected chi connectivity index (χ3v) is 5.24. The molecule has 1 fully saturated rings. The van der Waals surface area contributed by atoms with Crippen molar-refractivity contribution >= 4 is 5.97 Å². The number of carbonyl (C=O) groups is 1. The first-order valence-electron chi connectivity index (χ1n) is 10.9. The Labute approximate surface area is 179 Å². The normalized spacial score (nSPS) is 14.4. The Balaban J connectivity index is 1.16. The molecule has 1 saturated carbocycles. The summed E-state index contributed by atoms with van der Waals surface area (Å²) in [5.74, 6) is 0.856. The predicted molar refractivity (Wildman–Crippen MR) is 117 cm³/mol. The molecule has 2 aromatic rings. The van der Waals surface area contributed by atoms with Gasteiger partial charge in [-0.15, -0.1) is 0 Å². The number of ether oxygens (including phenoxy) is 4. The average Bonchev–Trinajstić information content (AvgIpc) is 2.81. The van der Waals surface area contributed by atoms with Crippen molar-refractivity contribution < 1.29 is 23.7 Å². The van der Waals surface area contributed by atoms with Crippen molar-refractivity contribution in [2.75, 3.05) is 39.6 Å². The quantitative estimate of drug-likeness (QED) is 0.367. The summed E-state index contributed by atoms with van der Waals surface area (Å²) >= 11 is 0. The lowest BCUT2D eigenvalue weighted by atomic mass is 9.89. The van der Waals surface area contributed by atoms with Crippen molar-refractivity contribution in [2.24, 2.45) is 5.92 Å². The monoisotopic (exact) mass is 412 g/mol. The lowest BCUT2D eigenvalue weighted by molar-refractivity contribution is -0.151. The van der Waals surface area contributed by atoms with Crippen molar-refractivity contribution in [3.05, 3.63) is 54.6 Å². The second-order valence-corrected chi connectivity index (χ2v) is 7.47. The first-order valence-corrected chi connectivity index (χ1v) is 10.9. The Kier molecular flexibility index (Phi) is 9.70. The highest BCUT2D eigenvalue weighted by Gasteiger charge is 2.22. The van der Waals surface area contributed by atoms with Crippen LogP contribution in [-0.2, 0) is 19.0 Å². The third kappa shape index (κ3) is 7.81. The zero-order valence-electron chi connectivity index (χ0n) is 17.6. The molecule has 0 amide bonds. The Hall–Kier alpha value is -2.37. The fraction of sp³-hybridized carbons (Fsp3) is 0.480. The van der Waals surface area contributed by atoms with E-state index in [0.29, 0.717) is 39.6 Å². The Morgan fingerprint density at radius 3 is 2.00 bits per heavy atom. The third-order valence-electron chi connectivity index (χ3n) is 5.24. The van der Waals surface area contributed by atoms with Crippen molar-refractivity contribution in [1.82, 2.24) is 0 Å². The van der Waals surface area contributed by atoms with Crippen LogP contribution < -0.4 is 4.74 Å². The van der Waals surface area contributed by atoms with Crippen LogP contribution in [0.15, 0.2) is 54.6 Å². The molecule has 0 heterocycles. The number of carbonyl (C=O) groups excluding carboxylic acids is 1.